The number of carbonyl (C=O) groups excluding carboxylic acids is 6. The minimum Gasteiger partial charge on any atom is -0.480 e. The fraction of sp³-hybridized carbons (Fsp3) is 0.326. The maximum Gasteiger partial charge on any atom is 0.416 e. The first-order valence-corrected chi connectivity index (χ1v) is 20.2. The molecule has 0 radical (unpaired) electrons. The fourth-order valence-electron chi connectivity index (χ4n) is 6.71. The van der Waals surface area contributed by atoms with E-state index in [2.05, 4.69) is 31.9 Å². The number of anilines is 1. The number of benzene rings is 4. The van der Waals surface area contributed by atoms with E-state index in [1.165, 1.54) is 13.8 Å². The number of carboxylic acid groups (broad SMARTS) is 1. The molecule has 6 rings (SSSR count). The van der Waals surface area contributed by atoms with Crippen molar-refractivity contribution >= 4 is 47.1 Å². The van der Waals surface area contributed by atoms with E-state index >= 15 is 0 Å². The van der Waals surface area contributed by atoms with Crippen molar-refractivity contribution in [2.24, 2.45) is 0 Å². The van der Waals surface area contributed by atoms with Crippen molar-refractivity contribution in [1.82, 2.24) is 26.6 Å². The van der Waals surface area contributed by atoms with Gasteiger partial charge in [-0.15, -0.1) is 0 Å². The zero-order valence-electron chi connectivity index (χ0n) is 34.6. The van der Waals surface area contributed by atoms with Gasteiger partial charge in [-0.2, -0.15) is 13.2 Å². The lowest BCUT2D eigenvalue weighted by atomic mass is 9.99. The molecule has 63 heavy (non-hydrogen) atoms. The molecule has 4 atom stereocenters. The molecule has 2 bridgehead atoms. The smallest absolute Gasteiger partial charge is 0.416 e. The lowest BCUT2D eigenvalue weighted by Crippen LogP contribution is -2.61. The summed E-state index contributed by atoms with van der Waals surface area (Å²) >= 11 is 0. The molecule has 4 aromatic rings. The molecule has 332 valence electrons. The van der Waals surface area contributed by atoms with E-state index < -0.39 is 82.9 Å². The van der Waals surface area contributed by atoms with Crippen LogP contribution in [0.15, 0.2) is 109 Å². The summed E-state index contributed by atoms with van der Waals surface area (Å²) < 4.78 is 40.5. The number of carboxylic acids is 1. The SMILES string of the molecule is CC(C)(NC(=O)[C@H]1Cc2ccc(cc2)NC(=O)CCC(=O)N[C@H](CCc2ccccc2)C(=O)N[C@@H](Cc2ccc(C(F)(F)F)cc2)C(=O)N[C@H](Cc2ccccc2)C(=O)N1)C(=O)O. The summed E-state index contributed by atoms with van der Waals surface area (Å²) in [5.41, 5.74) is -0.203. The van der Waals surface area contributed by atoms with Gasteiger partial charge in [-0.3, -0.25) is 28.8 Å². The Hall–Kier alpha value is -7.04. The predicted molar refractivity (Wildman–Crippen MR) is 226 cm³/mol. The highest BCUT2D eigenvalue weighted by molar-refractivity contribution is 5.97. The van der Waals surface area contributed by atoms with Gasteiger partial charge in [0.15, 0.2) is 0 Å². The third kappa shape index (κ3) is 14.3. The number of aryl methyl sites for hydroxylation is 1. The second-order valence-corrected chi connectivity index (χ2v) is 15.8. The van der Waals surface area contributed by atoms with Gasteiger partial charge in [0.05, 0.1) is 5.56 Å². The molecule has 14 nitrogen and oxygen atoms in total. The number of alkyl halides is 3. The number of rotatable bonds is 10. The largest absolute Gasteiger partial charge is 0.480 e. The summed E-state index contributed by atoms with van der Waals surface area (Å²) in [6, 6.07) is 22.3. The van der Waals surface area contributed by atoms with E-state index in [4.69, 9.17) is 0 Å². The van der Waals surface area contributed by atoms with Gasteiger partial charge in [-0.1, -0.05) is 84.9 Å². The highest BCUT2D eigenvalue weighted by atomic mass is 19.4. The zero-order valence-corrected chi connectivity index (χ0v) is 34.6. The lowest BCUT2D eigenvalue weighted by molar-refractivity contribution is -0.146. The van der Waals surface area contributed by atoms with E-state index in [1.807, 2.05) is 18.2 Å². The topological polar surface area (TPSA) is 212 Å². The van der Waals surface area contributed by atoms with Crippen LogP contribution < -0.4 is 31.9 Å². The molecule has 6 amide bonds. The minimum atomic E-state index is -4.65. The molecule has 2 aliphatic heterocycles. The lowest BCUT2D eigenvalue weighted by Gasteiger charge is -2.28. The molecule has 7 N–H and O–H groups in total. The van der Waals surface area contributed by atoms with Crippen molar-refractivity contribution in [1.29, 1.82) is 0 Å². The first-order chi connectivity index (χ1) is 29.9. The molecule has 0 saturated carbocycles. The van der Waals surface area contributed by atoms with Crippen LogP contribution in [0.5, 0.6) is 0 Å². The first kappa shape index (κ1) is 47.0. The molecule has 17 heteroatoms. The summed E-state index contributed by atoms with van der Waals surface area (Å²) in [5.74, 6) is -5.96. The third-order valence-corrected chi connectivity index (χ3v) is 10.3. The van der Waals surface area contributed by atoms with Gasteiger partial charge in [-0.05, 0) is 73.2 Å². The number of halogens is 3. The van der Waals surface area contributed by atoms with Crippen LogP contribution in [-0.2, 0) is 65.4 Å². The van der Waals surface area contributed by atoms with Crippen molar-refractivity contribution in [3.05, 3.63) is 137 Å². The molecular formula is C46H49F3N6O8. The van der Waals surface area contributed by atoms with Crippen LogP contribution in [-0.4, -0.2) is 76.2 Å². The van der Waals surface area contributed by atoms with Crippen LogP contribution in [0, 0.1) is 0 Å². The molecule has 0 aliphatic carbocycles. The number of hydrogen-bond acceptors (Lipinski definition) is 7. The van der Waals surface area contributed by atoms with Crippen molar-refractivity contribution in [2.75, 3.05) is 5.32 Å². The van der Waals surface area contributed by atoms with Gasteiger partial charge in [0.2, 0.25) is 35.4 Å². The number of amides is 6. The molecule has 0 aromatic heterocycles. The van der Waals surface area contributed by atoms with Gasteiger partial charge >= 0.3 is 12.1 Å². The molecule has 0 fully saturated rings. The summed E-state index contributed by atoms with van der Waals surface area (Å²) in [7, 11) is 0. The fourth-order valence-corrected chi connectivity index (χ4v) is 6.71. The summed E-state index contributed by atoms with van der Waals surface area (Å²) in [4.78, 5) is 94.9. The molecule has 0 spiro atoms. The Morgan fingerprint density at radius 3 is 1.70 bits per heavy atom. The van der Waals surface area contributed by atoms with Gasteiger partial charge in [0.1, 0.15) is 29.7 Å². The normalized spacial score (nSPS) is 19.6. The Kier molecular flexibility index (Phi) is 15.8. The summed E-state index contributed by atoms with van der Waals surface area (Å²) in [6.45, 7) is 2.53. The molecule has 4 aromatic carbocycles. The Bertz CT molecular complexity index is 2260. The number of hydrogen-bond donors (Lipinski definition) is 7. The number of fused-ring (bicyclic) bond motifs is 18. The van der Waals surface area contributed by atoms with E-state index in [1.54, 1.807) is 66.7 Å². The van der Waals surface area contributed by atoms with Crippen molar-refractivity contribution in [3.8, 4) is 0 Å². The highest BCUT2D eigenvalue weighted by Crippen LogP contribution is 2.29. The molecule has 0 unspecified atom stereocenters. The monoisotopic (exact) mass is 870 g/mol. The molecular weight excluding hydrogens is 822 g/mol. The van der Waals surface area contributed by atoms with Gasteiger partial charge < -0.3 is 37.0 Å². The second-order valence-electron chi connectivity index (χ2n) is 15.8. The average molecular weight is 871 g/mol. The average Bonchev–Trinajstić information content (AvgIpc) is 3.24. The Balaban J connectivity index is 1.55. The van der Waals surface area contributed by atoms with Gasteiger partial charge in [0.25, 0.3) is 0 Å². The highest BCUT2D eigenvalue weighted by Gasteiger charge is 2.36. The zero-order chi connectivity index (χ0) is 45.7. The summed E-state index contributed by atoms with van der Waals surface area (Å²) in [6.07, 6.45) is -5.50. The number of carbonyl (C=O) groups is 7. The van der Waals surface area contributed by atoms with E-state index in [0.717, 1.165) is 29.8 Å². The molecule has 2 aliphatic rings. The number of aliphatic carboxylic acids is 1. The Morgan fingerprint density at radius 1 is 0.635 bits per heavy atom. The maximum atomic E-state index is 14.4. The van der Waals surface area contributed by atoms with Crippen molar-refractivity contribution < 1.29 is 51.8 Å². The Labute approximate surface area is 361 Å². The first-order valence-electron chi connectivity index (χ1n) is 20.2. The van der Waals surface area contributed by atoms with E-state index in [9.17, 15) is 51.8 Å². The van der Waals surface area contributed by atoms with Crippen LogP contribution in [0.3, 0.4) is 0 Å². The predicted octanol–water partition coefficient (Wildman–Crippen LogP) is 4.02. The number of nitrogens with one attached hydrogen (secondary N) is 6. The quantitative estimate of drug-likeness (QED) is 0.116. The van der Waals surface area contributed by atoms with E-state index in [0.29, 0.717) is 23.2 Å². The van der Waals surface area contributed by atoms with Crippen LogP contribution in [0.4, 0.5) is 18.9 Å². The van der Waals surface area contributed by atoms with Crippen molar-refractivity contribution in [2.45, 2.75) is 94.7 Å². The summed E-state index contributed by atoms with van der Waals surface area (Å²) in [5, 5.41) is 25.5. The van der Waals surface area contributed by atoms with Gasteiger partial charge in [-0.25, -0.2) is 4.79 Å². The Morgan fingerprint density at radius 2 is 1.14 bits per heavy atom. The van der Waals surface area contributed by atoms with Gasteiger partial charge in [0, 0.05) is 37.8 Å². The van der Waals surface area contributed by atoms with Crippen LogP contribution in [0.2, 0.25) is 0 Å². The van der Waals surface area contributed by atoms with Crippen LogP contribution >= 0.6 is 0 Å². The molecule has 0 saturated heterocycles. The second kappa shape index (κ2) is 21.2. The minimum absolute atomic E-state index is 0.0515. The maximum absolute atomic E-state index is 14.4. The third-order valence-electron chi connectivity index (χ3n) is 10.3. The van der Waals surface area contributed by atoms with E-state index in [-0.39, 0.29) is 44.1 Å². The molecule has 2 heterocycles. The van der Waals surface area contributed by atoms with Crippen LogP contribution in [0.25, 0.3) is 0 Å². The van der Waals surface area contributed by atoms with Crippen LogP contribution in [0.1, 0.15) is 60.9 Å². The van der Waals surface area contributed by atoms with Crippen molar-refractivity contribution in [3.63, 3.8) is 0 Å². The standard InChI is InChI=1S/C46H49F3N6O8/c1-45(2,44(62)63)55-43(61)37-27-31-15-20-33(21-16-31)50-38(56)23-24-39(57)51-34(22-17-28-9-5-3-6-10-28)40(58)52-36(26-30-13-18-32(19-14-30)46(47,48)49)41(59)53-35(42(60)54-37)25-29-11-7-4-8-12-29/h3-16,18-21,34-37H,17,22-27H2,1-2H3,(H,50,56)(H,51,57)(H,52,58)(H,53,59)(H,54,60)(H,55,61)(H,62,63)/t34-,35-,36+,37-/m1/s1.